The van der Waals surface area contributed by atoms with Crippen LogP contribution < -0.4 is 15.4 Å². The molecule has 218 valence electrons. The molecule has 0 bridgehead atoms. The second-order valence-corrected chi connectivity index (χ2v) is 10.3. The Morgan fingerprint density at radius 1 is 0.976 bits per heavy atom. The number of urea groups is 1. The van der Waals surface area contributed by atoms with Crippen molar-refractivity contribution in [2.24, 2.45) is 0 Å². The molecule has 1 aromatic heterocycles. The van der Waals surface area contributed by atoms with E-state index in [4.69, 9.17) is 4.74 Å². The van der Waals surface area contributed by atoms with Crippen molar-refractivity contribution in [1.29, 1.82) is 0 Å². The largest absolute Gasteiger partial charge is 0.483 e. The summed E-state index contributed by atoms with van der Waals surface area (Å²) in [4.78, 5) is 27.4. The minimum atomic E-state index is -0.895. The summed E-state index contributed by atoms with van der Waals surface area (Å²) in [7, 11) is 0. The molecule has 2 N–H and O–H groups in total. The van der Waals surface area contributed by atoms with Crippen LogP contribution in [0.15, 0.2) is 72.9 Å². The molecule has 2 heterocycles. The predicted octanol–water partition coefficient (Wildman–Crippen LogP) is 6.63. The highest BCUT2D eigenvalue weighted by Gasteiger charge is 2.34. The zero-order valence-corrected chi connectivity index (χ0v) is 23.1. The van der Waals surface area contributed by atoms with Crippen molar-refractivity contribution in [3.63, 3.8) is 0 Å². The molecule has 8 nitrogen and oxygen atoms in total. The van der Waals surface area contributed by atoms with Gasteiger partial charge in [-0.25, -0.2) is 22.6 Å². The molecule has 5 rings (SSSR count). The standard InChI is InChI=1S/C31H30F3N5O3/c1-19(2)23-11-10-21(15-24(23)32)35-31(41)38-13-6-9-27(38)30(40)36-28-12-14-39(37-28)22-16-25(33)29(26(34)17-22)42-18-20-7-4-3-5-8-20/h3-5,7-8,10-12,14-17,19,27H,6,9,13,18H2,1-2H3,(H,35,41)(H,36,37,40)/t27-/m1/s1. The summed E-state index contributed by atoms with van der Waals surface area (Å²) in [5, 5.41) is 9.55. The Kier molecular flexibility index (Phi) is 8.46. The summed E-state index contributed by atoms with van der Waals surface area (Å²) in [6.45, 7) is 4.11. The fraction of sp³-hybridized carbons (Fsp3) is 0.258. The number of ether oxygens (including phenoxy) is 1. The number of hydrogen-bond acceptors (Lipinski definition) is 4. The highest BCUT2D eigenvalue weighted by molar-refractivity contribution is 5.99. The van der Waals surface area contributed by atoms with E-state index < -0.39 is 41.2 Å². The molecule has 0 radical (unpaired) electrons. The molecule has 1 fully saturated rings. The number of nitrogens with one attached hydrogen (secondary N) is 2. The van der Waals surface area contributed by atoms with Crippen molar-refractivity contribution in [1.82, 2.24) is 14.7 Å². The summed E-state index contributed by atoms with van der Waals surface area (Å²) < 4.78 is 50.4. The zero-order chi connectivity index (χ0) is 29.8. The van der Waals surface area contributed by atoms with Crippen LogP contribution in [-0.4, -0.2) is 39.2 Å². The van der Waals surface area contributed by atoms with Crippen LogP contribution >= 0.6 is 0 Å². The third-order valence-corrected chi connectivity index (χ3v) is 7.00. The number of carbonyl (C=O) groups excluding carboxylic acids is 2. The van der Waals surface area contributed by atoms with E-state index in [2.05, 4.69) is 15.7 Å². The van der Waals surface area contributed by atoms with Crippen LogP contribution in [0.5, 0.6) is 5.75 Å². The molecule has 0 spiro atoms. The van der Waals surface area contributed by atoms with Crippen molar-refractivity contribution in [3.05, 3.63) is 102 Å². The van der Waals surface area contributed by atoms with Gasteiger partial charge in [0.1, 0.15) is 18.5 Å². The Hall–Kier alpha value is -4.80. The lowest BCUT2D eigenvalue weighted by Crippen LogP contribution is -2.45. The Bertz CT molecular complexity index is 1570. The minimum Gasteiger partial charge on any atom is -0.483 e. The number of carbonyl (C=O) groups is 2. The van der Waals surface area contributed by atoms with Crippen molar-refractivity contribution < 1.29 is 27.5 Å². The van der Waals surface area contributed by atoms with Gasteiger partial charge in [-0.3, -0.25) is 4.79 Å². The van der Waals surface area contributed by atoms with Gasteiger partial charge < -0.3 is 20.3 Å². The van der Waals surface area contributed by atoms with E-state index >= 15 is 0 Å². The van der Waals surface area contributed by atoms with Gasteiger partial charge in [-0.15, -0.1) is 0 Å². The summed E-state index contributed by atoms with van der Waals surface area (Å²) >= 11 is 0. The third-order valence-electron chi connectivity index (χ3n) is 7.00. The molecule has 1 aliphatic heterocycles. The first kappa shape index (κ1) is 28.7. The Balaban J connectivity index is 1.22. The van der Waals surface area contributed by atoms with Gasteiger partial charge in [0.05, 0.1) is 5.69 Å². The maximum atomic E-state index is 14.7. The number of nitrogens with zero attached hydrogens (tertiary/aromatic N) is 3. The molecule has 3 amide bonds. The van der Waals surface area contributed by atoms with E-state index in [1.807, 2.05) is 19.9 Å². The first-order chi connectivity index (χ1) is 20.2. The Labute approximate surface area is 241 Å². The lowest BCUT2D eigenvalue weighted by Gasteiger charge is -2.24. The van der Waals surface area contributed by atoms with Gasteiger partial charge in [0.15, 0.2) is 23.2 Å². The zero-order valence-electron chi connectivity index (χ0n) is 23.1. The minimum absolute atomic E-state index is 0.00115. The molecule has 3 aromatic carbocycles. The fourth-order valence-electron chi connectivity index (χ4n) is 4.84. The first-order valence-corrected chi connectivity index (χ1v) is 13.6. The number of halogens is 3. The van der Waals surface area contributed by atoms with Crippen LogP contribution in [0.1, 0.15) is 43.7 Å². The molecule has 0 aliphatic carbocycles. The Morgan fingerprint density at radius 2 is 1.71 bits per heavy atom. The molecule has 1 atom stereocenters. The topological polar surface area (TPSA) is 88.5 Å². The number of likely N-dealkylation sites (tertiary alicyclic amines) is 1. The van der Waals surface area contributed by atoms with E-state index in [0.29, 0.717) is 30.6 Å². The number of benzene rings is 3. The molecule has 11 heteroatoms. The molecule has 1 saturated heterocycles. The Morgan fingerprint density at radius 3 is 2.40 bits per heavy atom. The van der Waals surface area contributed by atoms with Crippen LogP contribution in [0.25, 0.3) is 5.69 Å². The quantitative estimate of drug-likeness (QED) is 0.246. The average Bonchev–Trinajstić information content (AvgIpc) is 3.63. The fourth-order valence-corrected chi connectivity index (χ4v) is 4.84. The van der Waals surface area contributed by atoms with Gasteiger partial charge in [0.25, 0.3) is 0 Å². The normalized spacial score (nSPS) is 14.7. The lowest BCUT2D eigenvalue weighted by atomic mass is 10.0. The van der Waals surface area contributed by atoms with Crippen molar-refractivity contribution >= 4 is 23.4 Å². The lowest BCUT2D eigenvalue weighted by molar-refractivity contribution is -0.119. The number of amides is 3. The number of anilines is 2. The SMILES string of the molecule is CC(C)c1ccc(NC(=O)N2CCC[C@@H]2C(=O)Nc2ccn(-c3cc(F)c(OCc4ccccc4)c(F)c3)n2)cc1F. The van der Waals surface area contributed by atoms with Crippen LogP contribution in [0, 0.1) is 17.5 Å². The van der Waals surface area contributed by atoms with Crippen LogP contribution in [0.3, 0.4) is 0 Å². The van der Waals surface area contributed by atoms with E-state index in [-0.39, 0.29) is 24.0 Å². The summed E-state index contributed by atoms with van der Waals surface area (Å²) in [6.07, 6.45) is 2.49. The van der Waals surface area contributed by atoms with Gasteiger partial charge in [-0.2, -0.15) is 5.10 Å². The van der Waals surface area contributed by atoms with Gasteiger partial charge in [0.2, 0.25) is 5.91 Å². The first-order valence-electron chi connectivity index (χ1n) is 13.6. The molecule has 4 aromatic rings. The van der Waals surface area contributed by atoms with Crippen LogP contribution in [0.4, 0.5) is 29.5 Å². The molecule has 0 saturated carbocycles. The number of hydrogen-bond donors (Lipinski definition) is 2. The molecule has 42 heavy (non-hydrogen) atoms. The maximum Gasteiger partial charge on any atom is 0.322 e. The van der Waals surface area contributed by atoms with Gasteiger partial charge in [-0.1, -0.05) is 50.2 Å². The molecular weight excluding hydrogens is 547 g/mol. The van der Waals surface area contributed by atoms with E-state index in [1.165, 1.54) is 27.9 Å². The second kappa shape index (κ2) is 12.4. The van der Waals surface area contributed by atoms with E-state index in [1.54, 1.807) is 36.4 Å². The third kappa shape index (κ3) is 6.40. The highest BCUT2D eigenvalue weighted by Crippen LogP contribution is 2.27. The number of aromatic nitrogens is 2. The molecular formula is C31H30F3N5O3. The van der Waals surface area contributed by atoms with Gasteiger partial charge in [0, 0.05) is 36.6 Å². The summed E-state index contributed by atoms with van der Waals surface area (Å²) in [6, 6.07) is 15.9. The molecule has 1 aliphatic rings. The van der Waals surface area contributed by atoms with Crippen molar-refractivity contribution in [2.45, 2.75) is 45.3 Å². The monoisotopic (exact) mass is 577 g/mol. The maximum absolute atomic E-state index is 14.7. The summed E-state index contributed by atoms with van der Waals surface area (Å²) in [5.74, 6) is -3.02. The number of rotatable bonds is 8. The smallest absolute Gasteiger partial charge is 0.322 e. The van der Waals surface area contributed by atoms with E-state index in [0.717, 1.165) is 17.7 Å². The van der Waals surface area contributed by atoms with Crippen LogP contribution in [0.2, 0.25) is 0 Å². The second-order valence-electron chi connectivity index (χ2n) is 10.3. The summed E-state index contributed by atoms with van der Waals surface area (Å²) in [5.41, 5.74) is 1.70. The van der Waals surface area contributed by atoms with Crippen LogP contribution in [-0.2, 0) is 11.4 Å². The predicted molar refractivity (Wildman–Crippen MR) is 152 cm³/mol. The average molecular weight is 578 g/mol. The molecule has 0 unspecified atom stereocenters. The van der Waals surface area contributed by atoms with E-state index in [9.17, 15) is 22.8 Å². The van der Waals surface area contributed by atoms with Crippen molar-refractivity contribution in [2.75, 3.05) is 17.2 Å². The van der Waals surface area contributed by atoms with Gasteiger partial charge in [-0.05, 0) is 42.0 Å². The highest BCUT2D eigenvalue weighted by atomic mass is 19.1. The van der Waals surface area contributed by atoms with Gasteiger partial charge >= 0.3 is 6.03 Å². The van der Waals surface area contributed by atoms with Crippen molar-refractivity contribution in [3.8, 4) is 11.4 Å².